The second-order valence-corrected chi connectivity index (χ2v) is 7.28. The Balaban J connectivity index is 3.18. The van der Waals surface area contributed by atoms with Crippen molar-refractivity contribution in [3.8, 4) is 0 Å². The highest BCUT2D eigenvalue weighted by Crippen LogP contribution is 2.24. The van der Waals surface area contributed by atoms with Gasteiger partial charge in [-0.2, -0.15) is 4.31 Å². The lowest BCUT2D eigenvalue weighted by Crippen LogP contribution is -2.39. The van der Waals surface area contributed by atoms with Gasteiger partial charge < -0.3 is 10.1 Å². The van der Waals surface area contributed by atoms with Crippen molar-refractivity contribution < 1.29 is 13.2 Å². The number of nitrogens with one attached hydrogen (secondary N) is 1. The van der Waals surface area contributed by atoms with Gasteiger partial charge in [0.25, 0.3) is 0 Å². The molecule has 0 atom stereocenters. The molecule has 1 aromatic carbocycles. The molecule has 1 N–H and O–H groups in total. The topological polar surface area (TPSA) is 58.6 Å². The summed E-state index contributed by atoms with van der Waals surface area (Å²) < 4.78 is 31.9. The number of hydrogen-bond acceptors (Lipinski definition) is 4. The number of rotatable bonds is 8. The van der Waals surface area contributed by atoms with Gasteiger partial charge in [0, 0.05) is 31.3 Å². The normalized spacial score (nSPS) is 12.3. The van der Waals surface area contributed by atoms with E-state index in [0.717, 1.165) is 5.56 Å². The first-order chi connectivity index (χ1) is 9.84. The highest BCUT2D eigenvalue weighted by Gasteiger charge is 2.27. The summed E-state index contributed by atoms with van der Waals surface area (Å²) in [6.45, 7) is 4.88. The van der Waals surface area contributed by atoms with Gasteiger partial charge in [0.15, 0.2) is 0 Å². The molecule has 0 fully saturated rings. The number of methoxy groups -OCH3 is 1. The molecular formula is C14H23ClN2O3S. The quantitative estimate of drug-likeness (QED) is 0.791. The molecule has 21 heavy (non-hydrogen) atoms. The Kier molecular flexibility index (Phi) is 7.09. The van der Waals surface area contributed by atoms with Crippen LogP contribution in [0.2, 0.25) is 5.02 Å². The first-order valence-electron chi connectivity index (χ1n) is 6.78. The Bertz CT molecular complexity index is 561. The average molecular weight is 335 g/mol. The summed E-state index contributed by atoms with van der Waals surface area (Å²) >= 11 is 6.08. The standard InChI is InChI=1S/C14H23ClN2O3S/c1-11(2)17(7-8-20-4)21(18,19)13-5-6-14(15)12(9-13)10-16-3/h5-6,9,11,16H,7-8,10H2,1-4H3. The molecule has 0 aromatic heterocycles. The van der Waals surface area contributed by atoms with E-state index in [1.165, 1.54) is 4.31 Å². The van der Waals surface area contributed by atoms with Crippen LogP contribution in [0.1, 0.15) is 19.4 Å². The maximum atomic E-state index is 12.8. The van der Waals surface area contributed by atoms with Crippen molar-refractivity contribution in [2.75, 3.05) is 27.3 Å². The zero-order valence-electron chi connectivity index (χ0n) is 12.9. The van der Waals surface area contributed by atoms with E-state index in [1.54, 1.807) is 32.4 Å². The van der Waals surface area contributed by atoms with Gasteiger partial charge in [0.1, 0.15) is 0 Å². The van der Waals surface area contributed by atoms with Gasteiger partial charge in [-0.25, -0.2) is 8.42 Å². The Hall–Kier alpha value is -0.660. The molecule has 0 saturated carbocycles. The molecule has 0 unspecified atom stereocenters. The van der Waals surface area contributed by atoms with Crippen molar-refractivity contribution in [2.45, 2.75) is 31.3 Å². The van der Waals surface area contributed by atoms with Gasteiger partial charge in [0.05, 0.1) is 11.5 Å². The van der Waals surface area contributed by atoms with Crippen molar-refractivity contribution in [1.29, 1.82) is 0 Å². The summed E-state index contributed by atoms with van der Waals surface area (Å²) in [5.74, 6) is 0. The molecule has 0 aliphatic carbocycles. The third kappa shape index (κ3) is 4.66. The van der Waals surface area contributed by atoms with Crippen LogP contribution in [0.25, 0.3) is 0 Å². The number of ether oxygens (including phenoxy) is 1. The molecular weight excluding hydrogens is 312 g/mol. The molecule has 5 nitrogen and oxygen atoms in total. The highest BCUT2D eigenvalue weighted by atomic mass is 35.5. The molecule has 1 rings (SSSR count). The summed E-state index contributed by atoms with van der Waals surface area (Å²) in [5.41, 5.74) is 0.760. The molecule has 0 spiro atoms. The van der Waals surface area contributed by atoms with E-state index in [0.29, 0.717) is 24.7 Å². The number of benzene rings is 1. The fourth-order valence-corrected chi connectivity index (χ4v) is 3.87. The first kappa shape index (κ1) is 18.4. The summed E-state index contributed by atoms with van der Waals surface area (Å²) in [6.07, 6.45) is 0. The molecule has 7 heteroatoms. The van der Waals surface area contributed by atoms with Crippen molar-refractivity contribution in [3.63, 3.8) is 0 Å². The monoisotopic (exact) mass is 334 g/mol. The van der Waals surface area contributed by atoms with Crippen LogP contribution in [0.15, 0.2) is 23.1 Å². The molecule has 0 amide bonds. The van der Waals surface area contributed by atoms with E-state index in [4.69, 9.17) is 16.3 Å². The van der Waals surface area contributed by atoms with Crippen LogP contribution >= 0.6 is 11.6 Å². The first-order valence-corrected chi connectivity index (χ1v) is 8.60. The Morgan fingerprint density at radius 1 is 1.38 bits per heavy atom. The average Bonchev–Trinajstić information content (AvgIpc) is 2.41. The Morgan fingerprint density at radius 2 is 2.05 bits per heavy atom. The molecule has 0 aliphatic heterocycles. The lowest BCUT2D eigenvalue weighted by molar-refractivity contribution is 0.171. The van der Waals surface area contributed by atoms with E-state index < -0.39 is 10.0 Å². The van der Waals surface area contributed by atoms with Gasteiger partial charge in [-0.15, -0.1) is 0 Å². The summed E-state index contributed by atoms with van der Waals surface area (Å²) in [7, 11) is -0.221. The lowest BCUT2D eigenvalue weighted by atomic mass is 10.2. The third-order valence-corrected chi connectivity index (χ3v) is 5.52. The van der Waals surface area contributed by atoms with Crippen molar-refractivity contribution in [1.82, 2.24) is 9.62 Å². The van der Waals surface area contributed by atoms with Crippen LogP contribution in [0.5, 0.6) is 0 Å². The predicted molar refractivity (Wildman–Crippen MR) is 85.1 cm³/mol. The maximum Gasteiger partial charge on any atom is 0.243 e. The number of hydrogen-bond donors (Lipinski definition) is 1. The van der Waals surface area contributed by atoms with Gasteiger partial charge in [-0.1, -0.05) is 11.6 Å². The number of nitrogens with zero attached hydrogens (tertiary/aromatic N) is 1. The highest BCUT2D eigenvalue weighted by molar-refractivity contribution is 7.89. The van der Waals surface area contributed by atoms with E-state index in [9.17, 15) is 8.42 Å². The number of halogens is 1. The van der Waals surface area contributed by atoms with Gasteiger partial charge in [0.2, 0.25) is 10.0 Å². The summed E-state index contributed by atoms with van der Waals surface area (Å²) in [5, 5.41) is 3.53. The van der Waals surface area contributed by atoms with E-state index >= 15 is 0 Å². The van der Waals surface area contributed by atoms with E-state index in [1.807, 2.05) is 13.8 Å². The summed E-state index contributed by atoms with van der Waals surface area (Å²) in [6, 6.07) is 4.64. The largest absolute Gasteiger partial charge is 0.383 e. The van der Waals surface area contributed by atoms with Crippen LogP contribution in [-0.2, 0) is 21.3 Å². The second kappa shape index (κ2) is 8.10. The molecule has 0 heterocycles. The van der Waals surface area contributed by atoms with Crippen LogP contribution in [0.3, 0.4) is 0 Å². The minimum absolute atomic E-state index is 0.145. The van der Waals surface area contributed by atoms with Gasteiger partial charge >= 0.3 is 0 Å². The van der Waals surface area contributed by atoms with Gasteiger partial charge in [-0.3, -0.25) is 0 Å². The van der Waals surface area contributed by atoms with E-state index in [2.05, 4.69) is 5.32 Å². The van der Waals surface area contributed by atoms with Crippen LogP contribution in [-0.4, -0.2) is 46.1 Å². The minimum atomic E-state index is -3.56. The predicted octanol–water partition coefficient (Wildman–Crippen LogP) is 2.10. The summed E-state index contributed by atoms with van der Waals surface area (Å²) in [4.78, 5) is 0.252. The molecule has 1 aromatic rings. The third-order valence-electron chi connectivity index (χ3n) is 3.08. The molecule has 0 saturated heterocycles. The van der Waals surface area contributed by atoms with Crippen molar-refractivity contribution in [2.24, 2.45) is 0 Å². The molecule has 120 valence electrons. The van der Waals surface area contributed by atoms with E-state index in [-0.39, 0.29) is 10.9 Å². The van der Waals surface area contributed by atoms with Crippen LogP contribution in [0.4, 0.5) is 0 Å². The Labute approximate surface area is 132 Å². The smallest absolute Gasteiger partial charge is 0.243 e. The maximum absolute atomic E-state index is 12.8. The molecule has 0 aliphatic rings. The molecule has 0 radical (unpaired) electrons. The SMILES string of the molecule is CNCc1cc(S(=O)(=O)N(CCOC)C(C)C)ccc1Cl. The lowest BCUT2D eigenvalue weighted by Gasteiger charge is -2.26. The van der Waals surface area contributed by atoms with Crippen LogP contribution in [0, 0.1) is 0 Å². The fourth-order valence-electron chi connectivity index (χ4n) is 2.01. The van der Waals surface area contributed by atoms with Crippen molar-refractivity contribution >= 4 is 21.6 Å². The zero-order chi connectivity index (χ0) is 16.0. The van der Waals surface area contributed by atoms with Crippen LogP contribution < -0.4 is 5.32 Å². The van der Waals surface area contributed by atoms with Crippen molar-refractivity contribution in [3.05, 3.63) is 28.8 Å². The Morgan fingerprint density at radius 3 is 2.57 bits per heavy atom. The minimum Gasteiger partial charge on any atom is -0.383 e. The zero-order valence-corrected chi connectivity index (χ0v) is 14.5. The molecule has 0 bridgehead atoms. The number of sulfonamides is 1. The van der Waals surface area contributed by atoms with Gasteiger partial charge in [-0.05, 0) is 44.7 Å². The fraction of sp³-hybridized carbons (Fsp3) is 0.571. The second-order valence-electron chi connectivity index (χ2n) is 4.99.